The lowest BCUT2D eigenvalue weighted by Gasteiger charge is -2.08. The number of halogens is 1. The summed E-state index contributed by atoms with van der Waals surface area (Å²) in [6, 6.07) is 4.35. The number of hydrogen-bond acceptors (Lipinski definition) is 4. The number of carboxylic acids is 1. The minimum atomic E-state index is -1.34. The number of hydrogen-bond donors (Lipinski definition) is 2. The number of amides is 1. The maximum atomic E-state index is 13.8. The van der Waals surface area contributed by atoms with Crippen LogP contribution in [0.5, 0.6) is 0 Å². The summed E-state index contributed by atoms with van der Waals surface area (Å²) in [5, 5.41) is 11.2. The minimum absolute atomic E-state index is 0.188. The second kappa shape index (κ2) is 5.43. The van der Waals surface area contributed by atoms with Crippen molar-refractivity contribution in [3.8, 4) is 0 Å². The Balaban J connectivity index is 2.33. The van der Waals surface area contributed by atoms with Gasteiger partial charge in [0, 0.05) is 12.4 Å². The highest BCUT2D eigenvalue weighted by molar-refractivity contribution is 6.06. The molecule has 0 aliphatic heterocycles. The molecule has 1 amide bonds. The van der Waals surface area contributed by atoms with E-state index in [1.807, 2.05) is 0 Å². The van der Waals surface area contributed by atoms with Crippen molar-refractivity contribution in [1.82, 2.24) is 9.97 Å². The molecule has 0 atom stereocenters. The fraction of sp³-hybridized carbons (Fsp3) is 0.0769. The lowest BCUT2D eigenvalue weighted by Crippen LogP contribution is -2.18. The molecule has 1 aromatic carbocycles. The standard InChI is InChI=1S/C13H10FN3O3/c1-7-3-2-4-8(9(7)14)12(18)17-11-10(13(19)20)15-5-6-16-11/h2-6H,1H3,(H,19,20)(H,16,17,18). The summed E-state index contributed by atoms with van der Waals surface area (Å²) < 4.78 is 13.8. The second-order valence-electron chi connectivity index (χ2n) is 3.95. The van der Waals surface area contributed by atoms with Crippen molar-refractivity contribution in [2.24, 2.45) is 0 Å². The van der Waals surface area contributed by atoms with Gasteiger partial charge in [-0.2, -0.15) is 0 Å². The molecule has 1 heterocycles. The van der Waals surface area contributed by atoms with Gasteiger partial charge in [0.25, 0.3) is 5.91 Å². The number of nitrogens with one attached hydrogen (secondary N) is 1. The van der Waals surface area contributed by atoms with Gasteiger partial charge in [0.15, 0.2) is 11.5 Å². The van der Waals surface area contributed by atoms with Crippen LogP contribution in [0.15, 0.2) is 30.6 Å². The van der Waals surface area contributed by atoms with Gasteiger partial charge in [-0.25, -0.2) is 19.2 Å². The number of benzene rings is 1. The molecule has 0 aliphatic rings. The van der Waals surface area contributed by atoms with Crippen molar-refractivity contribution in [2.45, 2.75) is 6.92 Å². The van der Waals surface area contributed by atoms with Crippen LogP contribution in [-0.4, -0.2) is 27.0 Å². The predicted molar refractivity (Wildman–Crippen MR) is 68.1 cm³/mol. The number of aryl methyl sites for hydroxylation is 1. The summed E-state index contributed by atoms with van der Waals surface area (Å²) in [6.07, 6.45) is 2.42. The van der Waals surface area contributed by atoms with Crippen LogP contribution in [0.3, 0.4) is 0 Å². The molecule has 0 saturated carbocycles. The van der Waals surface area contributed by atoms with Gasteiger partial charge in [-0.05, 0) is 18.6 Å². The minimum Gasteiger partial charge on any atom is -0.476 e. The molecular formula is C13H10FN3O3. The Bertz CT molecular complexity index is 688. The van der Waals surface area contributed by atoms with Gasteiger partial charge in [0.2, 0.25) is 0 Å². The quantitative estimate of drug-likeness (QED) is 0.892. The normalized spacial score (nSPS) is 10.1. The lowest BCUT2D eigenvalue weighted by atomic mass is 10.1. The Morgan fingerprint density at radius 3 is 2.65 bits per heavy atom. The first-order valence-corrected chi connectivity index (χ1v) is 5.61. The van der Waals surface area contributed by atoms with E-state index in [1.54, 1.807) is 0 Å². The van der Waals surface area contributed by atoms with Crippen molar-refractivity contribution < 1.29 is 19.1 Å². The first kappa shape index (κ1) is 13.6. The zero-order valence-corrected chi connectivity index (χ0v) is 10.4. The summed E-state index contributed by atoms with van der Waals surface area (Å²) in [5.41, 5.74) is -0.281. The highest BCUT2D eigenvalue weighted by Crippen LogP contribution is 2.15. The van der Waals surface area contributed by atoms with Gasteiger partial charge >= 0.3 is 5.97 Å². The summed E-state index contributed by atoms with van der Waals surface area (Å²) in [6.45, 7) is 1.52. The Morgan fingerprint density at radius 2 is 1.95 bits per heavy atom. The molecule has 6 nitrogen and oxygen atoms in total. The van der Waals surface area contributed by atoms with E-state index in [2.05, 4.69) is 15.3 Å². The van der Waals surface area contributed by atoms with Crippen LogP contribution in [0.2, 0.25) is 0 Å². The number of rotatable bonds is 3. The number of carbonyl (C=O) groups excluding carboxylic acids is 1. The Hall–Kier alpha value is -2.83. The highest BCUT2D eigenvalue weighted by Gasteiger charge is 2.18. The Labute approximate surface area is 113 Å². The molecule has 20 heavy (non-hydrogen) atoms. The van der Waals surface area contributed by atoms with Crippen LogP contribution in [0, 0.1) is 12.7 Å². The molecule has 0 saturated heterocycles. The van der Waals surface area contributed by atoms with Gasteiger partial charge in [-0.15, -0.1) is 0 Å². The van der Waals surface area contributed by atoms with E-state index in [-0.39, 0.29) is 11.4 Å². The SMILES string of the molecule is Cc1cccc(C(=O)Nc2nccnc2C(=O)O)c1F. The van der Waals surface area contributed by atoms with E-state index >= 15 is 0 Å². The van der Waals surface area contributed by atoms with E-state index in [0.717, 1.165) is 0 Å². The van der Waals surface area contributed by atoms with E-state index < -0.39 is 23.4 Å². The fourth-order valence-corrected chi connectivity index (χ4v) is 1.58. The molecule has 0 fully saturated rings. The monoisotopic (exact) mass is 275 g/mol. The Morgan fingerprint density at radius 1 is 1.25 bits per heavy atom. The lowest BCUT2D eigenvalue weighted by molar-refractivity contribution is 0.0691. The van der Waals surface area contributed by atoms with Crippen molar-refractivity contribution in [2.75, 3.05) is 5.32 Å². The molecule has 0 bridgehead atoms. The summed E-state index contributed by atoms with van der Waals surface area (Å²) >= 11 is 0. The topological polar surface area (TPSA) is 92.2 Å². The number of anilines is 1. The Kier molecular flexibility index (Phi) is 3.69. The zero-order chi connectivity index (χ0) is 14.7. The average Bonchev–Trinajstić information content (AvgIpc) is 2.42. The smallest absolute Gasteiger partial charge is 0.358 e. The van der Waals surface area contributed by atoms with Crippen molar-refractivity contribution in [3.63, 3.8) is 0 Å². The van der Waals surface area contributed by atoms with Gasteiger partial charge in [-0.3, -0.25) is 4.79 Å². The third-order valence-corrected chi connectivity index (χ3v) is 2.57. The molecule has 7 heteroatoms. The van der Waals surface area contributed by atoms with Crippen molar-refractivity contribution in [1.29, 1.82) is 0 Å². The van der Waals surface area contributed by atoms with E-state index in [4.69, 9.17) is 5.11 Å². The maximum Gasteiger partial charge on any atom is 0.358 e. The van der Waals surface area contributed by atoms with Crippen LogP contribution in [0.1, 0.15) is 26.4 Å². The molecule has 0 aliphatic carbocycles. The molecule has 0 spiro atoms. The number of aromatic carboxylic acids is 1. The molecule has 2 N–H and O–H groups in total. The van der Waals surface area contributed by atoms with Crippen LogP contribution in [-0.2, 0) is 0 Å². The zero-order valence-electron chi connectivity index (χ0n) is 10.4. The summed E-state index contributed by atoms with van der Waals surface area (Å²) in [4.78, 5) is 30.2. The van der Waals surface area contributed by atoms with Crippen LogP contribution in [0.4, 0.5) is 10.2 Å². The van der Waals surface area contributed by atoms with Crippen molar-refractivity contribution >= 4 is 17.7 Å². The molecule has 102 valence electrons. The molecule has 0 radical (unpaired) electrons. The fourth-order valence-electron chi connectivity index (χ4n) is 1.58. The largest absolute Gasteiger partial charge is 0.476 e. The number of carboxylic acid groups (broad SMARTS) is 1. The van der Waals surface area contributed by atoms with Gasteiger partial charge < -0.3 is 10.4 Å². The third-order valence-electron chi connectivity index (χ3n) is 2.57. The predicted octanol–water partition coefficient (Wildman–Crippen LogP) is 1.87. The van der Waals surface area contributed by atoms with Crippen LogP contribution < -0.4 is 5.32 Å². The highest BCUT2D eigenvalue weighted by atomic mass is 19.1. The summed E-state index contributed by atoms with van der Waals surface area (Å²) in [7, 11) is 0. The first-order chi connectivity index (χ1) is 9.50. The van der Waals surface area contributed by atoms with Crippen LogP contribution >= 0.6 is 0 Å². The van der Waals surface area contributed by atoms with E-state index in [9.17, 15) is 14.0 Å². The van der Waals surface area contributed by atoms with E-state index in [1.165, 1.54) is 37.5 Å². The molecule has 0 unspecified atom stereocenters. The third kappa shape index (κ3) is 2.61. The second-order valence-corrected chi connectivity index (χ2v) is 3.95. The van der Waals surface area contributed by atoms with E-state index in [0.29, 0.717) is 5.56 Å². The summed E-state index contributed by atoms with van der Waals surface area (Å²) in [5.74, 6) is -3.01. The molecule has 1 aromatic heterocycles. The molecular weight excluding hydrogens is 265 g/mol. The number of nitrogens with zero attached hydrogens (tertiary/aromatic N) is 2. The van der Waals surface area contributed by atoms with Gasteiger partial charge in [0.05, 0.1) is 5.56 Å². The average molecular weight is 275 g/mol. The number of aromatic nitrogens is 2. The van der Waals surface area contributed by atoms with Crippen molar-refractivity contribution in [3.05, 3.63) is 53.2 Å². The molecule has 2 aromatic rings. The molecule has 2 rings (SSSR count). The van der Waals surface area contributed by atoms with Crippen LogP contribution in [0.25, 0.3) is 0 Å². The van der Waals surface area contributed by atoms with Gasteiger partial charge in [0.1, 0.15) is 5.82 Å². The number of carbonyl (C=O) groups is 2. The van der Waals surface area contributed by atoms with Gasteiger partial charge in [-0.1, -0.05) is 12.1 Å². The first-order valence-electron chi connectivity index (χ1n) is 5.61. The maximum absolute atomic E-state index is 13.8.